The molecule has 0 N–H and O–H groups in total. The topological polar surface area (TPSA) is 26.3 Å². The molecule has 1 unspecified atom stereocenters. The number of carbonyl (C=O) groups excluding carboxylic acids is 1. The lowest BCUT2D eigenvalue weighted by Crippen LogP contribution is -2.04. The molecule has 0 aromatic carbocycles. The predicted molar refractivity (Wildman–Crippen MR) is 35.1 cm³/mol. The SMILES string of the molecule is O=COC(F)CCCBr. The van der Waals surface area contributed by atoms with Crippen LogP contribution in [0.15, 0.2) is 0 Å². The Kier molecular flexibility index (Phi) is 5.93. The number of rotatable bonds is 5. The molecule has 1 atom stereocenters. The van der Waals surface area contributed by atoms with Crippen molar-refractivity contribution >= 4 is 22.4 Å². The van der Waals surface area contributed by atoms with Crippen molar-refractivity contribution in [3.63, 3.8) is 0 Å². The van der Waals surface area contributed by atoms with Gasteiger partial charge in [0.05, 0.1) is 0 Å². The summed E-state index contributed by atoms with van der Waals surface area (Å²) in [5.41, 5.74) is 0. The van der Waals surface area contributed by atoms with Crippen molar-refractivity contribution in [1.29, 1.82) is 0 Å². The van der Waals surface area contributed by atoms with Gasteiger partial charge in [-0.1, -0.05) is 15.9 Å². The van der Waals surface area contributed by atoms with E-state index in [1.165, 1.54) is 0 Å². The summed E-state index contributed by atoms with van der Waals surface area (Å²) in [7, 11) is 0. The van der Waals surface area contributed by atoms with Crippen molar-refractivity contribution in [3.8, 4) is 0 Å². The number of carbonyl (C=O) groups is 1. The first-order valence-corrected chi connectivity index (χ1v) is 3.72. The van der Waals surface area contributed by atoms with E-state index < -0.39 is 6.36 Å². The van der Waals surface area contributed by atoms with Crippen LogP contribution in [0, 0.1) is 0 Å². The zero-order valence-corrected chi connectivity index (χ0v) is 6.43. The fourth-order valence-corrected chi connectivity index (χ4v) is 0.690. The van der Waals surface area contributed by atoms with Crippen LogP contribution < -0.4 is 0 Å². The zero-order valence-electron chi connectivity index (χ0n) is 4.85. The second-order valence-corrected chi connectivity index (χ2v) is 2.27. The van der Waals surface area contributed by atoms with Gasteiger partial charge in [0.2, 0.25) is 6.36 Å². The van der Waals surface area contributed by atoms with Gasteiger partial charge >= 0.3 is 0 Å². The maximum atomic E-state index is 12.1. The molecular formula is C5H8BrFO2. The molecule has 0 aliphatic carbocycles. The molecule has 0 amide bonds. The fraction of sp³-hybridized carbons (Fsp3) is 0.800. The Bertz CT molecular complexity index is 79.4. The average Bonchev–Trinajstić information content (AvgIpc) is 1.85. The highest BCUT2D eigenvalue weighted by molar-refractivity contribution is 9.09. The van der Waals surface area contributed by atoms with Crippen LogP contribution in [0.3, 0.4) is 0 Å². The van der Waals surface area contributed by atoms with E-state index >= 15 is 0 Å². The minimum absolute atomic E-state index is 0.124. The molecule has 9 heavy (non-hydrogen) atoms. The summed E-state index contributed by atoms with van der Waals surface area (Å²) >= 11 is 3.12. The van der Waals surface area contributed by atoms with Gasteiger partial charge in [-0.2, -0.15) is 0 Å². The number of halogens is 2. The molecule has 0 radical (unpaired) electrons. The molecule has 4 heteroatoms. The van der Waals surface area contributed by atoms with Gasteiger partial charge in [0.1, 0.15) is 0 Å². The third-order valence-electron chi connectivity index (χ3n) is 0.768. The number of hydrogen-bond donors (Lipinski definition) is 0. The highest BCUT2D eigenvalue weighted by Crippen LogP contribution is 2.03. The Balaban J connectivity index is 3.04. The van der Waals surface area contributed by atoms with Gasteiger partial charge in [-0.3, -0.25) is 4.79 Å². The third-order valence-corrected chi connectivity index (χ3v) is 1.33. The molecule has 0 spiro atoms. The summed E-state index contributed by atoms with van der Waals surface area (Å²) in [6.07, 6.45) is -0.487. The average molecular weight is 199 g/mol. The van der Waals surface area contributed by atoms with Crippen LogP contribution in [0.25, 0.3) is 0 Å². The van der Waals surface area contributed by atoms with Gasteiger partial charge in [-0.15, -0.1) is 0 Å². The summed E-state index contributed by atoms with van der Waals surface area (Å²) in [6.45, 7) is 0.124. The molecule has 0 fully saturated rings. The van der Waals surface area contributed by atoms with Gasteiger partial charge in [0.25, 0.3) is 6.47 Å². The molecular weight excluding hydrogens is 191 g/mol. The van der Waals surface area contributed by atoms with E-state index in [0.29, 0.717) is 6.42 Å². The molecule has 0 aromatic rings. The van der Waals surface area contributed by atoms with E-state index in [-0.39, 0.29) is 12.9 Å². The fourth-order valence-electron chi connectivity index (χ4n) is 0.366. The Morgan fingerprint density at radius 2 is 2.44 bits per heavy atom. The van der Waals surface area contributed by atoms with E-state index in [0.717, 1.165) is 5.33 Å². The molecule has 54 valence electrons. The lowest BCUT2D eigenvalue weighted by Gasteiger charge is -2.01. The van der Waals surface area contributed by atoms with Crippen LogP contribution in [0.5, 0.6) is 0 Å². The van der Waals surface area contributed by atoms with Gasteiger partial charge in [0, 0.05) is 11.8 Å². The smallest absolute Gasteiger partial charge is 0.295 e. The van der Waals surface area contributed by atoms with E-state index in [4.69, 9.17) is 0 Å². The Hall–Kier alpha value is -0.120. The Morgan fingerprint density at radius 1 is 1.78 bits per heavy atom. The lowest BCUT2D eigenvalue weighted by molar-refractivity contribution is -0.142. The van der Waals surface area contributed by atoms with Crippen LogP contribution in [-0.4, -0.2) is 18.2 Å². The van der Waals surface area contributed by atoms with Crippen LogP contribution in [0.1, 0.15) is 12.8 Å². The van der Waals surface area contributed by atoms with Crippen molar-refractivity contribution in [2.24, 2.45) is 0 Å². The van der Waals surface area contributed by atoms with Crippen LogP contribution in [-0.2, 0) is 9.53 Å². The largest absolute Gasteiger partial charge is 0.433 e. The zero-order chi connectivity index (χ0) is 7.11. The molecule has 0 aliphatic rings. The second-order valence-electron chi connectivity index (χ2n) is 1.47. The van der Waals surface area contributed by atoms with Crippen molar-refractivity contribution in [1.82, 2.24) is 0 Å². The third kappa shape index (κ3) is 5.76. The second kappa shape index (κ2) is 6.01. The summed E-state index contributed by atoms with van der Waals surface area (Å²) in [6, 6.07) is 0. The number of hydrogen-bond acceptors (Lipinski definition) is 2. The summed E-state index contributed by atoms with van der Waals surface area (Å²) in [5.74, 6) is 0. The molecule has 0 heterocycles. The van der Waals surface area contributed by atoms with Gasteiger partial charge in [-0.05, 0) is 6.42 Å². The standard InChI is InChI=1S/C5H8BrFO2/c6-3-1-2-5(7)9-4-8/h4-5H,1-3H2. The first-order chi connectivity index (χ1) is 4.31. The minimum atomic E-state index is -1.43. The maximum absolute atomic E-state index is 12.1. The highest BCUT2D eigenvalue weighted by Gasteiger charge is 2.02. The van der Waals surface area contributed by atoms with Crippen molar-refractivity contribution in [2.45, 2.75) is 19.2 Å². The van der Waals surface area contributed by atoms with E-state index in [2.05, 4.69) is 20.7 Å². The van der Waals surface area contributed by atoms with Crippen molar-refractivity contribution in [3.05, 3.63) is 0 Å². The van der Waals surface area contributed by atoms with Crippen LogP contribution >= 0.6 is 15.9 Å². The highest BCUT2D eigenvalue weighted by atomic mass is 79.9. The normalized spacial score (nSPS) is 12.7. The molecule has 0 rings (SSSR count). The Morgan fingerprint density at radius 3 is 2.89 bits per heavy atom. The molecule has 0 bridgehead atoms. The monoisotopic (exact) mass is 198 g/mol. The molecule has 0 saturated carbocycles. The van der Waals surface area contributed by atoms with E-state index in [1.807, 2.05) is 0 Å². The quantitative estimate of drug-likeness (QED) is 0.496. The number of alkyl halides is 2. The first-order valence-electron chi connectivity index (χ1n) is 2.60. The van der Waals surface area contributed by atoms with E-state index in [9.17, 15) is 9.18 Å². The molecule has 2 nitrogen and oxygen atoms in total. The molecule has 0 saturated heterocycles. The lowest BCUT2D eigenvalue weighted by atomic mass is 10.3. The Labute approximate surface area is 61.5 Å². The van der Waals surface area contributed by atoms with Crippen molar-refractivity contribution < 1.29 is 13.9 Å². The summed E-state index contributed by atoms with van der Waals surface area (Å²) in [5, 5.41) is 0.732. The minimum Gasteiger partial charge on any atom is -0.433 e. The summed E-state index contributed by atoms with van der Waals surface area (Å²) < 4.78 is 16.1. The van der Waals surface area contributed by atoms with E-state index in [1.54, 1.807) is 0 Å². The number of ether oxygens (including phenoxy) is 1. The van der Waals surface area contributed by atoms with Gasteiger partial charge < -0.3 is 4.74 Å². The maximum Gasteiger partial charge on any atom is 0.295 e. The summed E-state index contributed by atoms with van der Waals surface area (Å²) in [4.78, 5) is 9.50. The molecule has 0 aliphatic heterocycles. The van der Waals surface area contributed by atoms with Crippen LogP contribution in [0.2, 0.25) is 0 Å². The first kappa shape index (κ1) is 8.88. The van der Waals surface area contributed by atoms with Gasteiger partial charge in [0.15, 0.2) is 0 Å². The van der Waals surface area contributed by atoms with Crippen molar-refractivity contribution in [2.75, 3.05) is 5.33 Å². The predicted octanol–water partition coefficient (Wildman–Crippen LogP) is 1.63. The van der Waals surface area contributed by atoms with Crippen LogP contribution in [0.4, 0.5) is 4.39 Å². The molecule has 0 aromatic heterocycles. The van der Waals surface area contributed by atoms with Gasteiger partial charge in [-0.25, -0.2) is 4.39 Å².